The van der Waals surface area contributed by atoms with E-state index < -0.39 is 18.7 Å². The zero-order valence-corrected chi connectivity index (χ0v) is 6.97. The molecule has 1 N–H and O–H groups in total. The molecule has 2 nitrogen and oxygen atoms in total. The number of benzene rings is 1. The van der Waals surface area contributed by atoms with Crippen LogP contribution in [0.1, 0.15) is 22.4 Å². The van der Waals surface area contributed by atoms with Gasteiger partial charge in [-0.3, -0.25) is 4.79 Å². The van der Waals surface area contributed by atoms with Crippen molar-refractivity contribution >= 4 is 12.0 Å². The number of hydrogen-bond donors (Lipinski definition) is 1. The van der Waals surface area contributed by atoms with Crippen LogP contribution in [-0.4, -0.2) is 11.1 Å². The van der Waals surface area contributed by atoms with Gasteiger partial charge in [0.15, 0.2) is 0 Å². The fourth-order valence-electron chi connectivity index (χ4n) is 0.843. The van der Waals surface area contributed by atoms with Gasteiger partial charge < -0.3 is 5.11 Å². The quantitative estimate of drug-likeness (QED) is 0.771. The summed E-state index contributed by atoms with van der Waals surface area (Å²) in [5.74, 6) is -1.62. The number of rotatable bonds is 4. The summed E-state index contributed by atoms with van der Waals surface area (Å²) in [6.45, 7) is 0. The second-order valence-electron chi connectivity index (χ2n) is 2.39. The Morgan fingerprint density at radius 3 is 2.77 bits per heavy atom. The Hall–Kier alpha value is -1.57. The van der Waals surface area contributed by atoms with Gasteiger partial charge in [-0.05, 0) is 12.0 Å². The molecule has 0 aliphatic carbocycles. The van der Waals surface area contributed by atoms with Gasteiger partial charge in [0.1, 0.15) is 0 Å². The zero-order valence-electron chi connectivity index (χ0n) is 9.97. The van der Waals surface area contributed by atoms with E-state index in [0.717, 1.165) is 5.56 Å². The molecule has 13 heavy (non-hydrogen) atoms. The predicted octanol–water partition coefficient (Wildman–Crippen LogP) is 2.56. The summed E-state index contributed by atoms with van der Waals surface area (Å²) >= 11 is 0. The first-order valence-corrected chi connectivity index (χ1v) is 3.83. The largest absolute Gasteiger partial charge is 0.481 e. The van der Waals surface area contributed by atoms with E-state index in [0.29, 0.717) is 0 Å². The smallest absolute Gasteiger partial charge is 0.303 e. The lowest BCUT2D eigenvalue weighted by molar-refractivity contribution is -0.136. The van der Waals surface area contributed by atoms with E-state index in [1.807, 2.05) is 18.2 Å². The van der Waals surface area contributed by atoms with Gasteiger partial charge in [0, 0.05) is 10.5 Å². The third-order valence-corrected chi connectivity index (χ3v) is 1.39. The van der Waals surface area contributed by atoms with E-state index in [9.17, 15) is 4.79 Å². The van der Waals surface area contributed by atoms with Crippen molar-refractivity contribution in [3.8, 4) is 0 Å². The minimum absolute atomic E-state index is 0.806. The Labute approximate surface area is 81.7 Å². The highest BCUT2D eigenvalue weighted by atomic mass is 16.4. The lowest BCUT2D eigenvalue weighted by Crippen LogP contribution is -1.91. The molecule has 0 fully saturated rings. The average molecular weight is 179 g/mol. The molecule has 0 saturated heterocycles. The van der Waals surface area contributed by atoms with Crippen LogP contribution >= 0.6 is 0 Å². The molecular weight excluding hydrogens is 164 g/mol. The van der Waals surface area contributed by atoms with E-state index in [2.05, 4.69) is 0 Å². The summed E-state index contributed by atoms with van der Waals surface area (Å²) in [7, 11) is 0. The van der Waals surface area contributed by atoms with Gasteiger partial charge in [-0.1, -0.05) is 42.5 Å². The van der Waals surface area contributed by atoms with Crippen molar-refractivity contribution in [1.29, 1.82) is 0 Å². The molecule has 0 aliphatic heterocycles. The Balaban J connectivity index is 2.75. The molecule has 1 rings (SSSR count). The SMILES string of the molecule is [2H]C(/C=C/c1ccccc1)C([2H])([2H])C(=O)O. The number of aliphatic carboxylic acids is 1. The molecule has 1 unspecified atom stereocenters. The summed E-state index contributed by atoms with van der Waals surface area (Å²) < 4.78 is 21.8. The number of carboxylic acid groups (broad SMARTS) is 1. The Bertz CT molecular complexity index is 387. The van der Waals surface area contributed by atoms with Crippen LogP contribution in [0.4, 0.5) is 0 Å². The molecule has 0 saturated carbocycles. The van der Waals surface area contributed by atoms with Crippen molar-refractivity contribution in [2.45, 2.75) is 12.8 Å². The maximum Gasteiger partial charge on any atom is 0.303 e. The molecule has 0 amide bonds. The number of hydrogen-bond acceptors (Lipinski definition) is 1. The van der Waals surface area contributed by atoms with Crippen LogP contribution in [0.25, 0.3) is 6.08 Å². The first kappa shape index (κ1) is 5.97. The number of carboxylic acids is 1. The third-order valence-electron chi connectivity index (χ3n) is 1.39. The van der Waals surface area contributed by atoms with Crippen LogP contribution in [0, 0.1) is 0 Å². The normalized spacial score (nSPS) is 17.4. The van der Waals surface area contributed by atoms with Gasteiger partial charge in [-0.2, -0.15) is 0 Å². The van der Waals surface area contributed by atoms with Crippen molar-refractivity contribution in [3.63, 3.8) is 0 Å². The maximum atomic E-state index is 10.5. The standard InChI is InChI=1S/C11H12O2/c12-11(13)9-5-4-8-10-6-2-1-3-7-10/h1-4,6-8H,5,9H2,(H,12,13)/b8-4+/i5D,9D2. The van der Waals surface area contributed by atoms with Gasteiger partial charge in [-0.25, -0.2) is 0 Å². The van der Waals surface area contributed by atoms with Crippen LogP contribution in [0.2, 0.25) is 0 Å². The average Bonchev–Trinajstić information content (AvgIpc) is 2.27. The second-order valence-corrected chi connectivity index (χ2v) is 2.39. The lowest BCUT2D eigenvalue weighted by Gasteiger charge is -1.90. The van der Waals surface area contributed by atoms with Crippen molar-refractivity contribution in [2.75, 3.05) is 0 Å². The minimum atomic E-state index is -2.56. The van der Waals surface area contributed by atoms with Gasteiger partial charge in [0.05, 0.1) is 0 Å². The topological polar surface area (TPSA) is 37.3 Å². The lowest BCUT2D eigenvalue weighted by atomic mass is 10.2. The molecule has 0 heterocycles. The van der Waals surface area contributed by atoms with Crippen LogP contribution in [0.5, 0.6) is 0 Å². The fourth-order valence-corrected chi connectivity index (χ4v) is 0.843. The van der Waals surface area contributed by atoms with Crippen LogP contribution in [-0.2, 0) is 4.79 Å². The molecule has 1 aromatic rings. The molecule has 0 spiro atoms. The molecular formula is C11H12O2. The summed E-state index contributed by atoms with van der Waals surface area (Å²) in [6, 6.07) is 9.04. The van der Waals surface area contributed by atoms with Crippen LogP contribution in [0.3, 0.4) is 0 Å². The maximum absolute atomic E-state index is 10.5. The van der Waals surface area contributed by atoms with Crippen molar-refractivity contribution in [3.05, 3.63) is 42.0 Å². The highest BCUT2D eigenvalue weighted by molar-refractivity contribution is 5.67. The van der Waals surface area contributed by atoms with Gasteiger partial charge in [0.2, 0.25) is 0 Å². The summed E-state index contributed by atoms with van der Waals surface area (Å²) in [6.07, 6.45) is -1.21. The Kier molecular flexibility index (Phi) is 2.36. The monoisotopic (exact) mass is 179 g/mol. The van der Waals surface area contributed by atoms with Crippen LogP contribution in [0.15, 0.2) is 36.4 Å². The Morgan fingerprint density at radius 1 is 1.46 bits per heavy atom. The highest BCUT2D eigenvalue weighted by Gasteiger charge is 1.91. The minimum Gasteiger partial charge on any atom is -0.481 e. The van der Waals surface area contributed by atoms with E-state index >= 15 is 0 Å². The molecule has 0 aromatic heterocycles. The molecule has 1 atom stereocenters. The Morgan fingerprint density at radius 2 is 2.15 bits per heavy atom. The third kappa shape index (κ3) is 4.11. The van der Waals surface area contributed by atoms with E-state index in [4.69, 9.17) is 9.22 Å². The van der Waals surface area contributed by atoms with Gasteiger partial charge in [0.25, 0.3) is 0 Å². The molecule has 0 aliphatic rings. The summed E-state index contributed by atoms with van der Waals surface area (Å²) in [4.78, 5) is 10.5. The number of carbonyl (C=O) groups is 1. The zero-order chi connectivity index (χ0) is 12.2. The van der Waals surface area contributed by atoms with Crippen molar-refractivity contribution in [2.24, 2.45) is 0 Å². The molecule has 2 heteroatoms. The molecule has 1 aromatic carbocycles. The first-order chi connectivity index (χ1) is 7.44. The summed E-state index contributed by atoms with van der Waals surface area (Å²) in [5.41, 5.74) is 0.806. The highest BCUT2D eigenvalue weighted by Crippen LogP contribution is 2.02. The van der Waals surface area contributed by atoms with Crippen LogP contribution < -0.4 is 0 Å². The molecule has 0 radical (unpaired) electrons. The van der Waals surface area contributed by atoms with Crippen molar-refractivity contribution in [1.82, 2.24) is 0 Å². The second kappa shape index (κ2) is 5.14. The van der Waals surface area contributed by atoms with Gasteiger partial charge in [-0.15, -0.1) is 0 Å². The first-order valence-electron chi connectivity index (χ1n) is 5.41. The molecule has 0 bridgehead atoms. The van der Waals surface area contributed by atoms with E-state index in [-0.39, 0.29) is 0 Å². The van der Waals surface area contributed by atoms with Crippen molar-refractivity contribution < 1.29 is 14.0 Å². The fraction of sp³-hybridized carbons (Fsp3) is 0.182. The van der Waals surface area contributed by atoms with E-state index in [1.54, 1.807) is 18.2 Å². The summed E-state index contributed by atoms with van der Waals surface area (Å²) in [5, 5.41) is 8.58. The molecule has 68 valence electrons. The van der Waals surface area contributed by atoms with Gasteiger partial charge >= 0.3 is 5.97 Å². The predicted molar refractivity (Wildman–Crippen MR) is 52.3 cm³/mol. The number of allylic oxidation sites excluding steroid dienone is 1. The van der Waals surface area contributed by atoms with E-state index in [1.165, 1.54) is 6.08 Å².